The summed E-state index contributed by atoms with van der Waals surface area (Å²) in [6.45, 7) is 0.318. The molecule has 0 fully saturated rings. The van der Waals surface area contributed by atoms with Crippen LogP contribution in [0.1, 0.15) is 27.0 Å². The number of halogens is 1. The lowest BCUT2D eigenvalue weighted by atomic mass is 10.1. The van der Waals surface area contributed by atoms with Gasteiger partial charge in [-0.15, -0.1) is 11.3 Å². The number of rotatable bonds is 7. The summed E-state index contributed by atoms with van der Waals surface area (Å²) in [7, 11) is 0. The predicted molar refractivity (Wildman–Crippen MR) is 149 cm³/mol. The van der Waals surface area contributed by atoms with Gasteiger partial charge in [0.05, 0.1) is 27.8 Å². The fourth-order valence-corrected chi connectivity index (χ4v) is 4.45. The lowest BCUT2D eigenvalue weighted by Gasteiger charge is -2.07. The molecule has 0 aliphatic carbocycles. The largest absolute Gasteiger partial charge is 0.479 e. The minimum absolute atomic E-state index is 0.0806. The number of thiophene rings is 1. The minimum atomic E-state index is -1.41. The predicted octanol–water partition coefficient (Wildman–Crippen LogP) is 4.47. The number of nitrogens with one attached hydrogen (secondary N) is 1. The summed E-state index contributed by atoms with van der Waals surface area (Å²) < 4.78 is 4.02. The summed E-state index contributed by atoms with van der Waals surface area (Å²) in [5.74, 6) is -1.40. The summed E-state index contributed by atoms with van der Waals surface area (Å²) >= 11 is 7.09. The maximum Gasteiger partial charge on any atom is 0.337 e. The fourth-order valence-electron chi connectivity index (χ4n) is 3.49. The van der Waals surface area contributed by atoms with E-state index in [1.807, 2.05) is 41.1 Å². The molecule has 5 rings (SSSR count). The van der Waals surface area contributed by atoms with Crippen LogP contribution in [0, 0.1) is 0 Å². The van der Waals surface area contributed by atoms with Crippen LogP contribution in [0.4, 0.5) is 0 Å². The second kappa shape index (κ2) is 12.8. The lowest BCUT2D eigenvalue weighted by molar-refractivity contribution is -0.146. The van der Waals surface area contributed by atoms with E-state index in [0.29, 0.717) is 21.3 Å². The maximum absolute atomic E-state index is 12.1. The molecule has 0 aliphatic rings. The Bertz CT molecular complexity index is 1610. The molecule has 39 heavy (non-hydrogen) atoms. The van der Waals surface area contributed by atoms with Gasteiger partial charge < -0.3 is 20.1 Å². The number of nitrogens with zero attached hydrogens (tertiary/aromatic N) is 3. The Morgan fingerprint density at radius 2 is 1.64 bits per heavy atom. The summed E-state index contributed by atoms with van der Waals surface area (Å²) in [5, 5.41) is 20.2. The number of hydrogen-bond donors (Lipinski definition) is 3. The molecule has 0 radical (unpaired) electrons. The third-order valence-electron chi connectivity index (χ3n) is 5.46. The summed E-state index contributed by atoms with van der Waals surface area (Å²) in [6.07, 6.45) is 3.87. The highest BCUT2D eigenvalue weighted by molar-refractivity contribution is 7.18. The van der Waals surface area contributed by atoms with Crippen LogP contribution in [-0.4, -0.2) is 36.2 Å². The van der Waals surface area contributed by atoms with Gasteiger partial charge >= 0.3 is 5.97 Å². The first kappa shape index (κ1) is 27.5. The van der Waals surface area contributed by atoms with Crippen molar-refractivity contribution < 1.29 is 19.8 Å². The van der Waals surface area contributed by atoms with Gasteiger partial charge in [0.25, 0.3) is 11.5 Å². The number of benzene rings is 2. The van der Waals surface area contributed by atoms with E-state index in [1.165, 1.54) is 17.4 Å². The summed E-state index contributed by atoms with van der Waals surface area (Å²) in [4.78, 5) is 39.1. The zero-order valence-electron chi connectivity index (χ0n) is 20.3. The monoisotopic (exact) mass is 562 g/mol. The topological polar surface area (TPSA) is 126 Å². The molecule has 3 N–H and O–H groups in total. The number of carboxylic acid groups (broad SMARTS) is 1. The number of aliphatic hydroxyl groups is 1. The molecule has 1 amide bonds. The molecule has 3 heterocycles. The van der Waals surface area contributed by atoms with Gasteiger partial charge in [-0.2, -0.15) is 0 Å². The number of imidazole rings is 1. The molecule has 9 nitrogen and oxygen atoms in total. The minimum Gasteiger partial charge on any atom is -0.479 e. The van der Waals surface area contributed by atoms with Gasteiger partial charge in [0.15, 0.2) is 6.10 Å². The smallest absolute Gasteiger partial charge is 0.337 e. The normalized spacial score (nSPS) is 11.2. The van der Waals surface area contributed by atoms with Crippen molar-refractivity contribution in [3.8, 4) is 11.4 Å². The van der Waals surface area contributed by atoms with E-state index in [9.17, 15) is 14.4 Å². The molecular formula is C28H23ClN4O5S. The molecule has 5 aromatic rings. The van der Waals surface area contributed by atoms with E-state index in [1.54, 1.807) is 65.6 Å². The van der Waals surface area contributed by atoms with E-state index in [-0.39, 0.29) is 11.5 Å². The van der Waals surface area contributed by atoms with Crippen LogP contribution >= 0.6 is 22.9 Å². The van der Waals surface area contributed by atoms with Crippen molar-refractivity contribution in [3.63, 3.8) is 0 Å². The van der Waals surface area contributed by atoms with Crippen molar-refractivity contribution in [1.82, 2.24) is 19.4 Å². The molecule has 0 aliphatic heterocycles. The molecule has 198 valence electrons. The van der Waals surface area contributed by atoms with Crippen molar-refractivity contribution in [2.75, 3.05) is 0 Å². The van der Waals surface area contributed by atoms with Crippen molar-refractivity contribution in [2.24, 2.45) is 0 Å². The zero-order chi connectivity index (χ0) is 27.8. The highest BCUT2D eigenvalue weighted by atomic mass is 35.5. The van der Waals surface area contributed by atoms with Crippen molar-refractivity contribution in [1.29, 1.82) is 0 Å². The van der Waals surface area contributed by atoms with Crippen LogP contribution in [0.15, 0.2) is 108 Å². The highest BCUT2D eigenvalue weighted by Crippen LogP contribution is 2.21. The third-order valence-corrected chi connectivity index (χ3v) is 6.69. The maximum atomic E-state index is 12.1. The molecule has 0 bridgehead atoms. The Morgan fingerprint density at radius 1 is 0.949 bits per heavy atom. The fraction of sp³-hybridized carbons (Fsp3) is 0.0714. The first-order valence-electron chi connectivity index (χ1n) is 11.6. The average molecular weight is 563 g/mol. The van der Waals surface area contributed by atoms with Crippen LogP contribution in [0.2, 0.25) is 4.34 Å². The molecule has 1 unspecified atom stereocenters. The molecule has 11 heteroatoms. The summed E-state index contributed by atoms with van der Waals surface area (Å²) in [5.41, 5.74) is 2.75. The van der Waals surface area contributed by atoms with E-state index < -0.39 is 12.1 Å². The quantitative estimate of drug-likeness (QED) is 0.269. The third kappa shape index (κ3) is 7.29. The van der Waals surface area contributed by atoms with Gasteiger partial charge in [0.2, 0.25) is 0 Å². The molecule has 0 saturated heterocycles. The second-order valence-electron chi connectivity index (χ2n) is 8.14. The molecular weight excluding hydrogens is 540 g/mol. The van der Waals surface area contributed by atoms with Crippen LogP contribution in [0.25, 0.3) is 11.4 Å². The van der Waals surface area contributed by atoms with Gasteiger partial charge in [-0.25, -0.2) is 9.78 Å². The Labute approximate surface area is 232 Å². The first-order chi connectivity index (χ1) is 18.8. The van der Waals surface area contributed by atoms with Crippen LogP contribution in [0.3, 0.4) is 0 Å². The van der Waals surface area contributed by atoms with Crippen LogP contribution < -0.4 is 10.9 Å². The average Bonchev–Trinajstić information content (AvgIpc) is 3.62. The molecule has 0 saturated carbocycles. The van der Waals surface area contributed by atoms with Crippen molar-refractivity contribution >= 4 is 34.8 Å². The van der Waals surface area contributed by atoms with Crippen molar-refractivity contribution in [2.45, 2.75) is 12.6 Å². The molecule has 1 atom stereocenters. The van der Waals surface area contributed by atoms with Crippen molar-refractivity contribution in [3.05, 3.63) is 134 Å². The number of carbonyl (C=O) groups is 2. The number of carbonyl (C=O) groups excluding carboxylic acids is 1. The van der Waals surface area contributed by atoms with Gasteiger partial charge in [-0.05, 0) is 48.0 Å². The van der Waals surface area contributed by atoms with E-state index in [0.717, 1.165) is 17.1 Å². The van der Waals surface area contributed by atoms with Gasteiger partial charge in [0.1, 0.15) is 0 Å². The number of carboxylic acids is 1. The second-order valence-corrected chi connectivity index (χ2v) is 9.85. The Balaban J connectivity index is 0.000000270. The molecule has 0 spiro atoms. The molecule has 2 aromatic carbocycles. The van der Waals surface area contributed by atoms with Crippen LogP contribution in [-0.2, 0) is 11.3 Å². The Morgan fingerprint density at radius 3 is 2.28 bits per heavy atom. The Hall–Kier alpha value is -4.51. The lowest BCUT2D eigenvalue weighted by Crippen LogP contribution is -2.21. The SMILES string of the molecule is O=C(NCc1cn(-c2ccc(-n3ccccc3=O)cc2)cn1)c1ccc(Cl)s1.O=C(O)C(O)c1ccccc1. The number of hydrogen-bond acceptors (Lipinski definition) is 6. The van der Waals surface area contributed by atoms with Gasteiger partial charge in [0, 0.05) is 29.8 Å². The summed E-state index contributed by atoms with van der Waals surface area (Å²) in [6, 6.07) is 24.3. The first-order valence-corrected chi connectivity index (χ1v) is 12.8. The number of aliphatic hydroxyl groups excluding tert-OH is 1. The van der Waals surface area contributed by atoms with E-state index in [2.05, 4.69) is 10.3 Å². The molecule has 3 aromatic heterocycles. The van der Waals surface area contributed by atoms with E-state index >= 15 is 0 Å². The number of amides is 1. The van der Waals surface area contributed by atoms with Gasteiger partial charge in [-0.1, -0.05) is 48.0 Å². The van der Waals surface area contributed by atoms with Gasteiger partial charge in [-0.3, -0.25) is 14.2 Å². The number of pyridine rings is 1. The highest BCUT2D eigenvalue weighted by Gasteiger charge is 2.14. The standard InChI is InChI=1S/C20H15ClN4O2S.C8H8O3/c21-18-9-8-17(28-18)20(27)22-11-14-12-24(13-23-14)15-4-6-16(7-5-15)25-10-2-1-3-19(25)26;9-7(8(10)11)6-4-2-1-3-5-6/h1-10,12-13H,11H2,(H,22,27);1-5,7,9H,(H,10,11). The number of aromatic nitrogens is 3. The number of aliphatic carboxylic acids is 1. The van der Waals surface area contributed by atoms with Crippen LogP contribution in [0.5, 0.6) is 0 Å². The zero-order valence-corrected chi connectivity index (χ0v) is 21.9. The Kier molecular flexibility index (Phi) is 9.06. The van der Waals surface area contributed by atoms with E-state index in [4.69, 9.17) is 21.8 Å².